The van der Waals surface area contributed by atoms with E-state index in [1.807, 2.05) is 36.4 Å². The van der Waals surface area contributed by atoms with Crippen LogP contribution in [-0.2, 0) is 33.5 Å². The van der Waals surface area contributed by atoms with Gasteiger partial charge in [0.2, 0.25) is 5.91 Å². The quantitative estimate of drug-likeness (QED) is 0.367. The molecule has 0 bridgehead atoms. The molecule has 0 fully saturated rings. The fourth-order valence-corrected chi connectivity index (χ4v) is 5.60. The molecule has 0 saturated carbocycles. The third kappa shape index (κ3) is 6.76. The van der Waals surface area contributed by atoms with Crippen LogP contribution in [0.25, 0.3) is 6.08 Å². The van der Waals surface area contributed by atoms with E-state index in [9.17, 15) is 4.79 Å². The van der Waals surface area contributed by atoms with Crippen LogP contribution < -0.4 is 11.1 Å². The van der Waals surface area contributed by atoms with Crippen molar-refractivity contribution >= 4 is 17.7 Å². The van der Waals surface area contributed by atoms with Gasteiger partial charge in [-0.2, -0.15) is 0 Å². The van der Waals surface area contributed by atoms with E-state index in [1.165, 1.54) is 0 Å². The molecule has 43 heavy (non-hydrogen) atoms. The molecule has 8 heteroatoms. The van der Waals surface area contributed by atoms with Gasteiger partial charge in [-0.1, -0.05) is 69.3 Å². The minimum atomic E-state index is -0.725. The van der Waals surface area contributed by atoms with E-state index in [4.69, 9.17) is 20.2 Å². The zero-order valence-electron chi connectivity index (χ0n) is 25.8. The van der Waals surface area contributed by atoms with Crippen LogP contribution >= 0.6 is 0 Å². The maximum Gasteiger partial charge on any atom is 0.241 e. The molecule has 1 aliphatic carbocycles. The number of nitrogens with two attached hydrogens (primary N) is 1. The number of fused-ring (bicyclic) bond motifs is 1. The summed E-state index contributed by atoms with van der Waals surface area (Å²) < 4.78 is 11.1. The average molecular weight is 580 g/mol. The predicted octanol–water partition coefficient (Wildman–Crippen LogP) is 5.05. The van der Waals surface area contributed by atoms with Crippen molar-refractivity contribution < 1.29 is 14.3 Å². The van der Waals surface area contributed by atoms with Crippen molar-refractivity contribution in [1.29, 1.82) is 0 Å². The number of nitrogens with one attached hydrogen (secondary N) is 1. The average Bonchev–Trinajstić information content (AvgIpc) is 3.41. The van der Waals surface area contributed by atoms with Crippen LogP contribution in [0.4, 0.5) is 0 Å². The van der Waals surface area contributed by atoms with E-state index >= 15 is 0 Å². The Balaban J connectivity index is 1.30. The van der Waals surface area contributed by atoms with Gasteiger partial charge in [-0.05, 0) is 47.8 Å². The number of amides is 1. The molecule has 1 amide bonds. The summed E-state index contributed by atoms with van der Waals surface area (Å²) in [5, 5.41) is 3.12. The Morgan fingerprint density at radius 2 is 1.84 bits per heavy atom. The summed E-state index contributed by atoms with van der Waals surface area (Å²) in [5.41, 5.74) is 15.1. The van der Waals surface area contributed by atoms with Gasteiger partial charge in [0.05, 0.1) is 24.5 Å². The number of hydrogen-bond acceptors (Lipinski definition) is 7. The van der Waals surface area contributed by atoms with E-state index in [2.05, 4.69) is 67.2 Å². The number of carbonyl (C=O) groups is 1. The summed E-state index contributed by atoms with van der Waals surface area (Å²) in [6.45, 7) is 8.45. The molecule has 2 heterocycles. The van der Waals surface area contributed by atoms with Crippen molar-refractivity contribution in [3.05, 3.63) is 112 Å². The Labute approximate surface area is 254 Å². The highest BCUT2D eigenvalue weighted by Gasteiger charge is 2.31. The summed E-state index contributed by atoms with van der Waals surface area (Å²) in [4.78, 5) is 27.5. The lowest BCUT2D eigenvalue weighted by Crippen LogP contribution is -2.42. The summed E-state index contributed by atoms with van der Waals surface area (Å²) in [7, 11) is 3.32. The zero-order chi connectivity index (χ0) is 30.7. The molecule has 2 aliphatic rings. The third-order valence-corrected chi connectivity index (χ3v) is 8.08. The number of aromatic nitrogens is 2. The second-order valence-electron chi connectivity index (χ2n) is 12.3. The van der Waals surface area contributed by atoms with Gasteiger partial charge in [-0.25, -0.2) is 9.97 Å². The van der Waals surface area contributed by atoms with Crippen LogP contribution in [0.1, 0.15) is 66.0 Å². The van der Waals surface area contributed by atoms with Gasteiger partial charge >= 0.3 is 0 Å². The Bertz CT molecular complexity index is 1600. The highest BCUT2D eigenvalue weighted by atomic mass is 16.5. The minimum Gasteiger partial charge on any atom is -0.498 e. The number of allylic oxidation sites excluding steroid dienone is 1. The number of aryl methyl sites for hydroxylation is 1. The van der Waals surface area contributed by atoms with E-state index in [0.29, 0.717) is 19.3 Å². The van der Waals surface area contributed by atoms with Crippen LogP contribution in [0, 0.1) is 12.3 Å². The molecular formula is C35H41N5O3. The number of benzene rings is 2. The second-order valence-corrected chi connectivity index (χ2v) is 12.3. The first-order chi connectivity index (χ1) is 20.6. The summed E-state index contributed by atoms with van der Waals surface area (Å²) in [5.74, 6) is 0.536. The maximum atomic E-state index is 13.4. The van der Waals surface area contributed by atoms with Gasteiger partial charge in [-0.15, -0.1) is 0 Å². The fraction of sp³-hybridized carbons (Fsp3) is 0.371. The summed E-state index contributed by atoms with van der Waals surface area (Å²) >= 11 is 0. The smallest absolute Gasteiger partial charge is 0.241 e. The largest absolute Gasteiger partial charge is 0.498 e. The molecule has 1 aromatic heterocycles. The lowest BCUT2D eigenvalue weighted by Gasteiger charge is -2.24. The SMILES string of the molecule is COC1=Cc2c(Cc3cccc(CC(N)C(=O)NC4=CC(C(C)(C)C)=NC4c4ccccc4C)c3)ncnc2CC1OC. The van der Waals surface area contributed by atoms with Crippen molar-refractivity contribution in [1.82, 2.24) is 15.3 Å². The number of methoxy groups -OCH3 is 2. The Morgan fingerprint density at radius 3 is 2.56 bits per heavy atom. The molecular weight excluding hydrogens is 538 g/mol. The predicted molar refractivity (Wildman–Crippen MR) is 169 cm³/mol. The first kappa shape index (κ1) is 30.3. The van der Waals surface area contributed by atoms with Crippen LogP contribution in [0.2, 0.25) is 0 Å². The lowest BCUT2D eigenvalue weighted by molar-refractivity contribution is -0.121. The van der Waals surface area contributed by atoms with E-state index in [1.54, 1.807) is 20.5 Å². The van der Waals surface area contributed by atoms with Gasteiger partial charge < -0.3 is 20.5 Å². The van der Waals surface area contributed by atoms with Gasteiger partial charge in [0.25, 0.3) is 0 Å². The molecule has 0 saturated heterocycles. The molecule has 1 aliphatic heterocycles. The van der Waals surface area contributed by atoms with Gasteiger partial charge in [0.15, 0.2) is 0 Å². The number of carbonyl (C=O) groups excluding carboxylic acids is 1. The number of hydrogen-bond donors (Lipinski definition) is 2. The third-order valence-electron chi connectivity index (χ3n) is 8.08. The summed E-state index contributed by atoms with van der Waals surface area (Å²) in [6, 6.07) is 15.3. The van der Waals surface area contributed by atoms with Crippen LogP contribution in [0.3, 0.4) is 0 Å². The Hall–Kier alpha value is -4.14. The van der Waals surface area contributed by atoms with Crippen molar-refractivity contribution in [2.75, 3.05) is 14.2 Å². The second kappa shape index (κ2) is 12.6. The van der Waals surface area contributed by atoms with Crippen molar-refractivity contribution in [3.63, 3.8) is 0 Å². The van der Waals surface area contributed by atoms with Gasteiger partial charge in [0, 0.05) is 42.3 Å². The lowest BCUT2D eigenvalue weighted by atomic mass is 9.90. The molecule has 0 radical (unpaired) electrons. The molecule has 224 valence electrons. The first-order valence-corrected chi connectivity index (χ1v) is 14.7. The number of nitrogens with zero attached hydrogens (tertiary/aromatic N) is 3. The molecule has 2 aromatic carbocycles. The molecule has 0 spiro atoms. The first-order valence-electron chi connectivity index (χ1n) is 14.7. The van der Waals surface area contributed by atoms with Gasteiger partial charge in [-0.3, -0.25) is 9.79 Å². The normalized spacial score (nSPS) is 18.7. The fourth-order valence-electron chi connectivity index (χ4n) is 5.60. The Morgan fingerprint density at radius 1 is 1.07 bits per heavy atom. The zero-order valence-corrected chi connectivity index (χ0v) is 25.8. The monoisotopic (exact) mass is 579 g/mol. The van der Waals surface area contributed by atoms with E-state index < -0.39 is 6.04 Å². The summed E-state index contributed by atoms with van der Waals surface area (Å²) in [6.07, 6.45) is 7.08. The highest BCUT2D eigenvalue weighted by Crippen LogP contribution is 2.35. The molecule has 5 rings (SSSR count). The standard InChI is InChI=1S/C35H41N5O3/c1-21-10-7-8-13-24(21)33-29(19-32(40-33)35(2,3)4)39-34(41)26(36)15-22-11-9-12-23(14-22)16-27-25-17-30(42-5)31(43-6)18-28(25)38-20-37-27/h7-14,17,19-20,26,31,33H,15-16,18,36H2,1-6H3,(H,39,41). The molecule has 3 unspecified atom stereocenters. The van der Waals surface area contributed by atoms with Gasteiger partial charge in [0.1, 0.15) is 24.2 Å². The highest BCUT2D eigenvalue weighted by molar-refractivity contribution is 6.02. The van der Waals surface area contributed by atoms with Crippen LogP contribution in [0.5, 0.6) is 0 Å². The molecule has 3 atom stereocenters. The Kier molecular flexibility index (Phi) is 8.89. The van der Waals surface area contributed by atoms with E-state index in [0.717, 1.165) is 56.4 Å². The molecule has 3 aromatic rings. The van der Waals surface area contributed by atoms with Crippen molar-refractivity contribution in [2.24, 2.45) is 16.1 Å². The minimum absolute atomic E-state index is 0.148. The van der Waals surface area contributed by atoms with E-state index in [-0.39, 0.29) is 23.5 Å². The van der Waals surface area contributed by atoms with Crippen LogP contribution in [-0.4, -0.2) is 48.0 Å². The number of ether oxygens (including phenoxy) is 2. The van der Waals surface area contributed by atoms with Crippen molar-refractivity contribution in [2.45, 2.75) is 65.1 Å². The number of aliphatic imine (C=N–C) groups is 1. The van der Waals surface area contributed by atoms with Crippen LogP contribution in [0.15, 0.2) is 77.4 Å². The topological polar surface area (TPSA) is 112 Å². The molecule has 3 N–H and O–H groups in total. The van der Waals surface area contributed by atoms with Crippen molar-refractivity contribution in [3.8, 4) is 0 Å². The number of rotatable bonds is 9. The maximum absolute atomic E-state index is 13.4. The molecule has 8 nitrogen and oxygen atoms in total.